The lowest BCUT2D eigenvalue weighted by atomic mass is 9.99. The van der Waals surface area contributed by atoms with E-state index in [9.17, 15) is 13.2 Å². The molecule has 160 valence electrons. The van der Waals surface area contributed by atoms with Crippen molar-refractivity contribution < 1.29 is 13.2 Å². The third kappa shape index (κ3) is 4.73. The summed E-state index contributed by atoms with van der Waals surface area (Å²) in [7, 11) is -3.36. The molecule has 0 saturated carbocycles. The van der Waals surface area contributed by atoms with E-state index in [2.05, 4.69) is 47.2 Å². The van der Waals surface area contributed by atoms with E-state index in [1.165, 1.54) is 6.26 Å². The summed E-state index contributed by atoms with van der Waals surface area (Å²) in [6.07, 6.45) is 4.95. The molecule has 1 aromatic heterocycles. The fraction of sp³-hybridized carbons (Fsp3) is 0.421. The normalized spacial score (nSPS) is 19.7. The standard InChI is InChI=1S/C19H23BrN6O3S/c1-30(28,29)18(12-3-2-6-21-9-12)25-17-14(20)10-22-19(26-17)23-13-5-4-11-7-16(27)24-15(11)8-13/h4-5,8,10,12,18,21H,2-3,6-7,9H2,1H3,(H,24,27)(H2,22,23,25,26). The maximum absolute atomic E-state index is 12.5. The van der Waals surface area contributed by atoms with Crippen molar-refractivity contribution in [3.8, 4) is 0 Å². The second kappa shape index (κ2) is 8.48. The van der Waals surface area contributed by atoms with Crippen LogP contribution in [0.3, 0.4) is 0 Å². The van der Waals surface area contributed by atoms with Crippen LogP contribution >= 0.6 is 15.9 Å². The minimum absolute atomic E-state index is 0.0300. The summed E-state index contributed by atoms with van der Waals surface area (Å²) in [6.45, 7) is 1.54. The van der Waals surface area contributed by atoms with E-state index in [-0.39, 0.29) is 11.8 Å². The van der Waals surface area contributed by atoms with Crippen LogP contribution in [-0.4, -0.2) is 49.0 Å². The van der Waals surface area contributed by atoms with Gasteiger partial charge in [-0.15, -0.1) is 0 Å². The summed E-state index contributed by atoms with van der Waals surface area (Å²) in [5.74, 6) is 0.645. The largest absolute Gasteiger partial charge is 0.352 e. The van der Waals surface area contributed by atoms with Gasteiger partial charge in [0.25, 0.3) is 0 Å². The maximum Gasteiger partial charge on any atom is 0.229 e. The van der Waals surface area contributed by atoms with Crippen molar-refractivity contribution in [3.05, 3.63) is 34.4 Å². The molecule has 30 heavy (non-hydrogen) atoms. The number of hydrogen-bond donors (Lipinski definition) is 4. The second-order valence-electron chi connectivity index (χ2n) is 7.61. The fourth-order valence-electron chi connectivity index (χ4n) is 3.80. The zero-order valence-corrected chi connectivity index (χ0v) is 18.8. The number of carbonyl (C=O) groups excluding carboxylic acids is 1. The first-order valence-corrected chi connectivity index (χ1v) is 12.4. The van der Waals surface area contributed by atoms with Gasteiger partial charge in [0.1, 0.15) is 11.2 Å². The molecule has 2 aliphatic rings. The number of hydrogen-bond acceptors (Lipinski definition) is 8. The van der Waals surface area contributed by atoms with E-state index < -0.39 is 15.2 Å². The minimum atomic E-state index is -3.36. The van der Waals surface area contributed by atoms with E-state index in [4.69, 9.17) is 0 Å². The summed E-state index contributed by atoms with van der Waals surface area (Å²) in [6, 6.07) is 5.56. The zero-order chi connectivity index (χ0) is 21.3. The van der Waals surface area contributed by atoms with Crippen molar-refractivity contribution in [1.29, 1.82) is 0 Å². The highest BCUT2D eigenvalue weighted by molar-refractivity contribution is 9.10. The van der Waals surface area contributed by atoms with Crippen LogP contribution in [-0.2, 0) is 21.1 Å². The van der Waals surface area contributed by atoms with Gasteiger partial charge < -0.3 is 21.3 Å². The smallest absolute Gasteiger partial charge is 0.229 e. The Morgan fingerprint density at radius 3 is 2.90 bits per heavy atom. The van der Waals surface area contributed by atoms with Crippen molar-refractivity contribution in [1.82, 2.24) is 15.3 Å². The highest BCUT2D eigenvalue weighted by atomic mass is 79.9. The van der Waals surface area contributed by atoms with Crippen molar-refractivity contribution in [2.24, 2.45) is 5.92 Å². The summed E-state index contributed by atoms with van der Waals surface area (Å²) in [4.78, 5) is 20.3. The highest BCUT2D eigenvalue weighted by Crippen LogP contribution is 2.29. The van der Waals surface area contributed by atoms with Gasteiger partial charge in [-0.25, -0.2) is 13.4 Å². The van der Waals surface area contributed by atoms with Crippen molar-refractivity contribution in [2.75, 3.05) is 35.3 Å². The number of nitrogens with zero attached hydrogens (tertiary/aromatic N) is 2. The Bertz CT molecular complexity index is 1070. The van der Waals surface area contributed by atoms with Crippen LogP contribution in [0, 0.1) is 5.92 Å². The van der Waals surface area contributed by atoms with Gasteiger partial charge in [0.2, 0.25) is 11.9 Å². The molecule has 2 aromatic rings. The molecule has 0 radical (unpaired) electrons. The number of piperidine rings is 1. The van der Waals surface area contributed by atoms with Crippen molar-refractivity contribution in [3.63, 3.8) is 0 Å². The van der Waals surface area contributed by atoms with Gasteiger partial charge in [-0.1, -0.05) is 6.07 Å². The van der Waals surface area contributed by atoms with Gasteiger partial charge in [0, 0.05) is 36.3 Å². The minimum Gasteiger partial charge on any atom is -0.352 e. The predicted octanol–water partition coefficient (Wildman–Crippen LogP) is 2.26. The van der Waals surface area contributed by atoms with Crippen LogP contribution in [0.15, 0.2) is 28.9 Å². The summed E-state index contributed by atoms with van der Waals surface area (Å²) in [5.41, 5.74) is 2.43. The number of sulfone groups is 1. The van der Waals surface area contributed by atoms with Crippen molar-refractivity contribution >= 4 is 54.8 Å². The Morgan fingerprint density at radius 1 is 1.33 bits per heavy atom. The summed E-state index contributed by atoms with van der Waals surface area (Å²) in [5, 5.41) is 11.5. The molecule has 0 bridgehead atoms. The van der Waals surface area contributed by atoms with Gasteiger partial charge in [-0.3, -0.25) is 4.79 Å². The number of anilines is 4. The van der Waals surface area contributed by atoms with Crippen LogP contribution in [0.1, 0.15) is 18.4 Å². The molecular formula is C19H23BrN6O3S. The predicted molar refractivity (Wildman–Crippen MR) is 120 cm³/mol. The Balaban J connectivity index is 1.55. The van der Waals surface area contributed by atoms with Gasteiger partial charge in [-0.2, -0.15) is 4.98 Å². The molecule has 4 rings (SSSR count). The molecule has 0 aliphatic carbocycles. The molecule has 4 N–H and O–H groups in total. The molecule has 0 spiro atoms. The average Bonchev–Trinajstić information content (AvgIpc) is 3.07. The van der Waals surface area contributed by atoms with Crippen LogP contribution in [0.2, 0.25) is 0 Å². The molecule has 1 fully saturated rings. The highest BCUT2D eigenvalue weighted by Gasteiger charge is 2.32. The van der Waals surface area contributed by atoms with Gasteiger partial charge in [0.05, 0.1) is 10.9 Å². The quantitative estimate of drug-likeness (QED) is 0.481. The Hall–Kier alpha value is -2.24. The average molecular weight is 495 g/mol. The van der Waals surface area contributed by atoms with Gasteiger partial charge in [0.15, 0.2) is 9.84 Å². The molecule has 1 amide bonds. The molecule has 11 heteroatoms. The number of carbonyl (C=O) groups is 1. The third-order valence-electron chi connectivity index (χ3n) is 5.24. The molecule has 9 nitrogen and oxygen atoms in total. The number of halogens is 1. The number of nitrogens with one attached hydrogen (secondary N) is 4. The number of amides is 1. The first kappa shape index (κ1) is 21.0. The first-order chi connectivity index (χ1) is 14.3. The molecule has 3 heterocycles. The van der Waals surface area contributed by atoms with Crippen LogP contribution in [0.25, 0.3) is 0 Å². The van der Waals surface area contributed by atoms with E-state index in [1.54, 1.807) is 6.20 Å². The third-order valence-corrected chi connectivity index (χ3v) is 7.24. The molecule has 2 aliphatic heterocycles. The molecule has 2 atom stereocenters. The second-order valence-corrected chi connectivity index (χ2v) is 10.6. The Morgan fingerprint density at radius 2 is 2.17 bits per heavy atom. The summed E-state index contributed by atoms with van der Waals surface area (Å²) >= 11 is 3.41. The monoisotopic (exact) mass is 494 g/mol. The Kier molecular flexibility index (Phi) is 5.94. The number of fused-ring (bicyclic) bond motifs is 1. The topological polar surface area (TPSA) is 125 Å². The molecular weight excluding hydrogens is 472 g/mol. The van der Waals surface area contributed by atoms with E-state index in [0.29, 0.717) is 29.2 Å². The van der Waals surface area contributed by atoms with Gasteiger partial charge in [-0.05, 0) is 53.0 Å². The number of aromatic nitrogens is 2. The lowest BCUT2D eigenvalue weighted by molar-refractivity contribution is -0.115. The van der Waals surface area contributed by atoms with E-state index in [1.807, 2.05) is 18.2 Å². The maximum atomic E-state index is 12.5. The zero-order valence-electron chi connectivity index (χ0n) is 16.4. The lowest BCUT2D eigenvalue weighted by Gasteiger charge is -2.30. The molecule has 2 unspecified atom stereocenters. The van der Waals surface area contributed by atoms with Crippen molar-refractivity contribution in [2.45, 2.75) is 24.6 Å². The van der Waals surface area contributed by atoms with Crippen LogP contribution in [0.5, 0.6) is 0 Å². The van der Waals surface area contributed by atoms with E-state index >= 15 is 0 Å². The Labute approximate surface area is 183 Å². The molecule has 1 saturated heterocycles. The number of rotatable bonds is 6. The lowest BCUT2D eigenvalue weighted by Crippen LogP contribution is -2.44. The SMILES string of the molecule is CS(=O)(=O)C(Nc1nc(Nc2ccc3c(c2)NC(=O)C3)ncc1Br)C1CCCNC1. The van der Waals surface area contributed by atoms with Gasteiger partial charge >= 0.3 is 0 Å². The molecule has 1 aromatic carbocycles. The van der Waals surface area contributed by atoms with Crippen LogP contribution in [0.4, 0.5) is 23.1 Å². The first-order valence-electron chi connectivity index (χ1n) is 9.68. The summed E-state index contributed by atoms with van der Waals surface area (Å²) < 4.78 is 25.5. The fourth-order valence-corrected chi connectivity index (χ4v) is 5.36. The van der Waals surface area contributed by atoms with E-state index in [0.717, 1.165) is 36.3 Å². The number of benzene rings is 1. The van der Waals surface area contributed by atoms with Crippen LogP contribution < -0.4 is 21.3 Å².